The van der Waals surface area contributed by atoms with Crippen LogP contribution in [0.15, 0.2) is 18.2 Å². The van der Waals surface area contributed by atoms with Gasteiger partial charge in [0.05, 0.1) is 25.8 Å². The van der Waals surface area contributed by atoms with Crippen molar-refractivity contribution in [2.24, 2.45) is 0 Å². The fourth-order valence-corrected chi connectivity index (χ4v) is 1.96. The molecule has 1 N–H and O–H groups in total. The topological polar surface area (TPSA) is 49.8 Å². The van der Waals surface area contributed by atoms with E-state index in [4.69, 9.17) is 9.84 Å². The number of aliphatic hydroxyl groups is 1. The number of rotatable bonds is 9. The van der Waals surface area contributed by atoms with Crippen LogP contribution in [0.2, 0.25) is 0 Å². The molecule has 0 heterocycles. The van der Waals surface area contributed by atoms with E-state index < -0.39 is 24.6 Å². The van der Waals surface area contributed by atoms with Crippen LogP contribution in [0, 0.1) is 5.82 Å². The van der Waals surface area contributed by atoms with Gasteiger partial charge in [0, 0.05) is 19.5 Å². The predicted molar refractivity (Wildman–Crippen MR) is 71.4 cm³/mol. The summed E-state index contributed by atoms with van der Waals surface area (Å²) in [5, 5.41) is 8.81. The van der Waals surface area contributed by atoms with E-state index in [0.717, 1.165) is 6.07 Å². The lowest BCUT2D eigenvalue weighted by molar-refractivity contribution is 0.0730. The second-order valence-electron chi connectivity index (χ2n) is 4.41. The maximum Gasteiger partial charge on any atom is 0.251 e. The number of hydrogen-bond acceptors (Lipinski definition) is 4. The summed E-state index contributed by atoms with van der Waals surface area (Å²) in [5.41, 5.74) is -0.180. The molecule has 0 radical (unpaired) electrons. The SMILES string of the molecule is COc1cccc(F)c1C(=O)CCN(CCO)CC(F)F. The van der Waals surface area contributed by atoms with Crippen LogP contribution in [0.5, 0.6) is 5.75 Å². The molecule has 0 amide bonds. The number of alkyl halides is 2. The number of Topliss-reactive ketones (excluding diaryl/α,β-unsaturated/α-hetero) is 1. The van der Waals surface area contributed by atoms with Crippen molar-refractivity contribution in [3.63, 3.8) is 0 Å². The third-order valence-electron chi connectivity index (χ3n) is 2.94. The van der Waals surface area contributed by atoms with Gasteiger partial charge in [-0.1, -0.05) is 6.07 Å². The Balaban J connectivity index is 2.72. The Morgan fingerprint density at radius 1 is 1.38 bits per heavy atom. The van der Waals surface area contributed by atoms with Gasteiger partial charge in [-0.25, -0.2) is 13.2 Å². The highest BCUT2D eigenvalue weighted by molar-refractivity contribution is 5.99. The molecule has 4 nitrogen and oxygen atoms in total. The molecule has 0 aliphatic rings. The number of halogens is 3. The summed E-state index contributed by atoms with van der Waals surface area (Å²) in [4.78, 5) is 13.3. The van der Waals surface area contributed by atoms with Crippen LogP contribution in [0.1, 0.15) is 16.8 Å². The first-order chi connectivity index (χ1) is 9.99. The highest BCUT2D eigenvalue weighted by Crippen LogP contribution is 2.22. The largest absolute Gasteiger partial charge is 0.496 e. The van der Waals surface area contributed by atoms with Crippen LogP contribution in [0.25, 0.3) is 0 Å². The summed E-state index contributed by atoms with van der Waals surface area (Å²) in [5.74, 6) is -1.12. The molecule has 0 atom stereocenters. The van der Waals surface area contributed by atoms with Crippen molar-refractivity contribution in [3.8, 4) is 5.75 Å². The average Bonchev–Trinajstić information content (AvgIpc) is 2.43. The van der Waals surface area contributed by atoms with Gasteiger partial charge in [-0.3, -0.25) is 9.69 Å². The minimum atomic E-state index is -2.56. The van der Waals surface area contributed by atoms with Gasteiger partial charge in [-0.15, -0.1) is 0 Å². The summed E-state index contributed by atoms with van der Waals surface area (Å²) >= 11 is 0. The fourth-order valence-electron chi connectivity index (χ4n) is 1.96. The molecule has 1 aromatic carbocycles. The third kappa shape index (κ3) is 5.35. The van der Waals surface area contributed by atoms with Crippen molar-refractivity contribution in [1.82, 2.24) is 4.90 Å². The van der Waals surface area contributed by atoms with Crippen LogP contribution < -0.4 is 4.74 Å². The van der Waals surface area contributed by atoms with Gasteiger partial charge in [-0.2, -0.15) is 0 Å². The summed E-state index contributed by atoms with van der Waals surface area (Å²) in [6.07, 6.45) is -2.70. The number of nitrogens with zero attached hydrogens (tertiary/aromatic N) is 1. The maximum atomic E-state index is 13.7. The molecule has 0 saturated carbocycles. The zero-order valence-electron chi connectivity index (χ0n) is 11.7. The van der Waals surface area contributed by atoms with Crippen molar-refractivity contribution in [3.05, 3.63) is 29.6 Å². The zero-order valence-corrected chi connectivity index (χ0v) is 11.7. The monoisotopic (exact) mass is 305 g/mol. The van der Waals surface area contributed by atoms with E-state index >= 15 is 0 Å². The Labute approximate surface area is 121 Å². The van der Waals surface area contributed by atoms with E-state index in [1.165, 1.54) is 24.1 Å². The lowest BCUT2D eigenvalue weighted by atomic mass is 10.1. The van der Waals surface area contributed by atoms with Gasteiger partial charge in [0.25, 0.3) is 6.43 Å². The molecule has 0 saturated heterocycles. The lowest BCUT2D eigenvalue weighted by Crippen LogP contribution is -2.33. The number of hydrogen-bond donors (Lipinski definition) is 1. The first kappa shape index (κ1) is 17.5. The summed E-state index contributed by atoms with van der Waals surface area (Å²) in [6.45, 7) is -0.778. The van der Waals surface area contributed by atoms with Crippen LogP contribution in [-0.4, -0.2) is 55.6 Å². The Morgan fingerprint density at radius 3 is 2.67 bits per heavy atom. The van der Waals surface area contributed by atoms with E-state index in [1.807, 2.05) is 0 Å². The van der Waals surface area contributed by atoms with Gasteiger partial charge in [0.2, 0.25) is 0 Å². The van der Waals surface area contributed by atoms with E-state index in [1.54, 1.807) is 0 Å². The van der Waals surface area contributed by atoms with Crippen molar-refractivity contribution >= 4 is 5.78 Å². The molecule has 0 bridgehead atoms. The highest BCUT2D eigenvalue weighted by atomic mass is 19.3. The Hall–Kier alpha value is -1.60. The number of carbonyl (C=O) groups excluding carboxylic acids is 1. The number of ketones is 1. The first-order valence-electron chi connectivity index (χ1n) is 6.46. The van der Waals surface area contributed by atoms with Crippen LogP contribution in [-0.2, 0) is 0 Å². The number of ether oxygens (including phenoxy) is 1. The molecule has 0 unspecified atom stereocenters. The van der Waals surface area contributed by atoms with Gasteiger partial charge < -0.3 is 9.84 Å². The molecule has 21 heavy (non-hydrogen) atoms. The second kappa shape index (κ2) is 8.63. The Kier molecular flexibility index (Phi) is 7.18. The zero-order chi connectivity index (χ0) is 15.8. The van der Waals surface area contributed by atoms with E-state index in [0.29, 0.717) is 0 Å². The standard InChI is InChI=1S/C14H18F3NO3/c1-21-12-4-2-3-10(15)14(12)11(20)5-6-18(7-8-19)9-13(16)17/h2-4,13,19H,5-9H2,1H3. The molecular formula is C14H18F3NO3. The molecule has 118 valence electrons. The van der Waals surface area contributed by atoms with Gasteiger partial charge >= 0.3 is 0 Å². The molecule has 0 aliphatic carbocycles. The molecular weight excluding hydrogens is 287 g/mol. The van der Waals surface area contributed by atoms with Gasteiger partial charge in [0.1, 0.15) is 11.6 Å². The maximum absolute atomic E-state index is 13.7. The molecule has 7 heteroatoms. The van der Waals surface area contributed by atoms with Crippen molar-refractivity contribution < 1.29 is 27.8 Å². The molecule has 0 spiro atoms. The molecule has 0 fully saturated rings. The molecule has 0 aromatic heterocycles. The lowest BCUT2D eigenvalue weighted by Gasteiger charge is -2.20. The first-order valence-corrected chi connectivity index (χ1v) is 6.46. The van der Waals surface area contributed by atoms with Crippen molar-refractivity contribution in [1.29, 1.82) is 0 Å². The minimum absolute atomic E-state index is 0.0151. The van der Waals surface area contributed by atoms with E-state index in [2.05, 4.69) is 0 Å². The number of carbonyl (C=O) groups is 1. The quantitative estimate of drug-likeness (QED) is 0.709. The van der Waals surface area contributed by atoms with Gasteiger partial charge in [-0.05, 0) is 12.1 Å². The minimum Gasteiger partial charge on any atom is -0.496 e. The Bertz CT molecular complexity index is 469. The van der Waals surface area contributed by atoms with Crippen LogP contribution in [0.3, 0.4) is 0 Å². The van der Waals surface area contributed by atoms with Crippen molar-refractivity contribution in [2.45, 2.75) is 12.8 Å². The normalized spacial score (nSPS) is 11.2. The van der Waals surface area contributed by atoms with Gasteiger partial charge in [0.15, 0.2) is 5.78 Å². The molecule has 1 aromatic rings. The molecule has 1 rings (SSSR count). The fraction of sp³-hybridized carbons (Fsp3) is 0.500. The molecule has 0 aliphatic heterocycles. The predicted octanol–water partition coefficient (Wildman–Crippen LogP) is 1.97. The third-order valence-corrected chi connectivity index (χ3v) is 2.94. The Morgan fingerprint density at radius 2 is 2.10 bits per heavy atom. The highest BCUT2D eigenvalue weighted by Gasteiger charge is 2.19. The number of methoxy groups -OCH3 is 1. The number of aliphatic hydroxyl groups excluding tert-OH is 1. The van der Waals surface area contributed by atoms with E-state index in [-0.39, 0.29) is 37.4 Å². The van der Waals surface area contributed by atoms with E-state index in [9.17, 15) is 18.0 Å². The summed E-state index contributed by atoms with van der Waals surface area (Å²) in [6, 6.07) is 4.02. The van der Waals surface area contributed by atoms with Crippen LogP contribution >= 0.6 is 0 Å². The summed E-state index contributed by atoms with van der Waals surface area (Å²) in [7, 11) is 1.32. The van der Waals surface area contributed by atoms with Crippen LogP contribution in [0.4, 0.5) is 13.2 Å². The second-order valence-corrected chi connectivity index (χ2v) is 4.41. The number of benzene rings is 1. The van der Waals surface area contributed by atoms with Crippen molar-refractivity contribution in [2.75, 3.05) is 33.4 Å². The smallest absolute Gasteiger partial charge is 0.251 e. The summed E-state index contributed by atoms with van der Waals surface area (Å²) < 4.78 is 43.3. The average molecular weight is 305 g/mol.